The first-order valence-corrected chi connectivity index (χ1v) is 12.4. The Morgan fingerprint density at radius 2 is 1.90 bits per heavy atom. The highest BCUT2D eigenvalue weighted by Crippen LogP contribution is 2.37. The van der Waals surface area contributed by atoms with Crippen LogP contribution in [0.15, 0.2) is 30.6 Å². The van der Waals surface area contributed by atoms with Gasteiger partial charge in [0.1, 0.15) is 12.1 Å². The fourth-order valence-corrected chi connectivity index (χ4v) is 5.06. The Bertz CT molecular complexity index is 911. The molecule has 2 heterocycles. The van der Waals surface area contributed by atoms with Crippen molar-refractivity contribution in [3.63, 3.8) is 0 Å². The average molecular weight is 533 g/mol. The first-order valence-electron chi connectivity index (χ1n) is 11.3. The van der Waals surface area contributed by atoms with Crippen LogP contribution in [-0.2, 0) is 11.2 Å². The fraction of sp³-hybridized carbons (Fsp3) is 0.542. The topological polar surface area (TPSA) is 52.6 Å². The summed E-state index contributed by atoms with van der Waals surface area (Å²) in [4.78, 5) is 29.3. The molecule has 1 fully saturated rings. The van der Waals surface area contributed by atoms with E-state index < -0.39 is 0 Å². The predicted octanol–water partition coefficient (Wildman–Crippen LogP) is 3.52. The van der Waals surface area contributed by atoms with E-state index in [1.807, 2.05) is 4.90 Å². The van der Waals surface area contributed by atoms with Crippen molar-refractivity contribution in [1.82, 2.24) is 19.8 Å². The van der Waals surface area contributed by atoms with Crippen LogP contribution in [0, 0.1) is 3.57 Å². The van der Waals surface area contributed by atoms with Gasteiger partial charge in [-0.05, 0) is 72.6 Å². The van der Waals surface area contributed by atoms with Crippen molar-refractivity contribution in [1.29, 1.82) is 0 Å². The molecular formula is C24H32IN5O. The second kappa shape index (κ2) is 9.81. The van der Waals surface area contributed by atoms with Gasteiger partial charge in [-0.3, -0.25) is 4.79 Å². The number of hydrogen-bond donors (Lipinski definition) is 0. The number of nitrogens with zero attached hydrogens (tertiary/aromatic N) is 5. The summed E-state index contributed by atoms with van der Waals surface area (Å²) in [5.74, 6) is 1.71. The molecule has 0 N–H and O–H groups in total. The normalized spacial score (nSPS) is 19.6. The number of likely N-dealkylation sites (N-methyl/N-ethyl adjacent to an activating group) is 1. The maximum atomic E-state index is 13.6. The SMILES string of the molecule is CCN(C)CC(C(=O)N1CCN(c2ncnc3c2[C@H](C)CC3)CC1)c1ccc(I)cc1. The highest BCUT2D eigenvalue weighted by atomic mass is 127. The third-order valence-corrected chi connectivity index (χ3v) is 7.47. The van der Waals surface area contributed by atoms with Crippen LogP contribution in [-0.4, -0.2) is 72.0 Å². The maximum absolute atomic E-state index is 13.6. The molecule has 1 aromatic heterocycles. The Kier molecular flexibility index (Phi) is 7.11. The van der Waals surface area contributed by atoms with Crippen LogP contribution >= 0.6 is 22.6 Å². The molecule has 166 valence electrons. The van der Waals surface area contributed by atoms with Gasteiger partial charge in [0.05, 0.1) is 5.92 Å². The molecule has 2 aliphatic rings. The lowest BCUT2D eigenvalue weighted by molar-refractivity contribution is -0.133. The first kappa shape index (κ1) is 22.5. The molecule has 1 unspecified atom stereocenters. The Balaban J connectivity index is 1.47. The molecular weight excluding hydrogens is 501 g/mol. The molecule has 2 aromatic rings. The lowest BCUT2D eigenvalue weighted by atomic mass is 9.96. The van der Waals surface area contributed by atoms with Crippen LogP contribution in [0.3, 0.4) is 0 Å². The van der Waals surface area contributed by atoms with E-state index in [2.05, 4.69) is 87.5 Å². The summed E-state index contributed by atoms with van der Waals surface area (Å²) in [5, 5.41) is 0. The van der Waals surface area contributed by atoms with E-state index in [9.17, 15) is 4.79 Å². The van der Waals surface area contributed by atoms with E-state index in [0.29, 0.717) is 5.92 Å². The van der Waals surface area contributed by atoms with Gasteiger partial charge in [-0.15, -0.1) is 0 Å². The van der Waals surface area contributed by atoms with E-state index in [1.54, 1.807) is 6.33 Å². The number of aromatic nitrogens is 2. The molecule has 7 heteroatoms. The quantitative estimate of drug-likeness (QED) is 0.533. The largest absolute Gasteiger partial charge is 0.353 e. The molecule has 2 atom stereocenters. The zero-order valence-electron chi connectivity index (χ0n) is 18.7. The molecule has 1 amide bonds. The first-order chi connectivity index (χ1) is 15.0. The highest BCUT2D eigenvalue weighted by molar-refractivity contribution is 14.1. The minimum absolute atomic E-state index is 0.128. The number of hydrogen-bond acceptors (Lipinski definition) is 5. The third kappa shape index (κ3) is 4.87. The standard InChI is InChI=1S/C24H32IN5O/c1-4-28(3)15-20(18-6-8-19(25)9-7-18)24(31)30-13-11-29(12-14-30)23-22-17(2)5-10-21(22)26-16-27-23/h6-9,16-17,20H,4-5,10-15H2,1-3H3/t17-,20?/m1/s1. The van der Waals surface area contributed by atoms with E-state index in [0.717, 1.165) is 63.5 Å². The van der Waals surface area contributed by atoms with Crippen molar-refractivity contribution >= 4 is 34.3 Å². The summed E-state index contributed by atoms with van der Waals surface area (Å²) in [7, 11) is 2.09. The molecule has 1 saturated heterocycles. The summed E-state index contributed by atoms with van der Waals surface area (Å²) in [6.45, 7) is 9.21. The van der Waals surface area contributed by atoms with Crippen LogP contribution in [0.4, 0.5) is 5.82 Å². The molecule has 0 radical (unpaired) electrons. The van der Waals surface area contributed by atoms with Gasteiger partial charge in [-0.1, -0.05) is 26.0 Å². The Labute approximate surface area is 199 Å². The zero-order valence-corrected chi connectivity index (χ0v) is 20.9. The summed E-state index contributed by atoms with van der Waals surface area (Å²) in [5.41, 5.74) is 3.64. The van der Waals surface area contributed by atoms with Crippen molar-refractivity contribution in [2.45, 2.75) is 38.5 Å². The van der Waals surface area contributed by atoms with Crippen LogP contribution in [0.2, 0.25) is 0 Å². The number of aryl methyl sites for hydroxylation is 1. The van der Waals surface area contributed by atoms with Crippen molar-refractivity contribution < 1.29 is 4.79 Å². The maximum Gasteiger partial charge on any atom is 0.231 e. The van der Waals surface area contributed by atoms with Crippen LogP contribution < -0.4 is 4.90 Å². The molecule has 1 aromatic carbocycles. The Morgan fingerprint density at radius 3 is 2.58 bits per heavy atom. The van der Waals surface area contributed by atoms with Crippen molar-refractivity contribution in [2.24, 2.45) is 0 Å². The molecule has 6 nitrogen and oxygen atoms in total. The second-order valence-electron chi connectivity index (χ2n) is 8.77. The van der Waals surface area contributed by atoms with Gasteiger partial charge in [0, 0.05) is 47.6 Å². The zero-order chi connectivity index (χ0) is 22.0. The second-order valence-corrected chi connectivity index (χ2v) is 10.0. The molecule has 0 spiro atoms. The van der Waals surface area contributed by atoms with E-state index in [4.69, 9.17) is 0 Å². The number of anilines is 1. The lowest BCUT2D eigenvalue weighted by Crippen LogP contribution is -2.51. The number of benzene rings is 1. The van der Waals surface area contributed by atoms with Gasteiger partial charge in [-0.2, -0.15) is 0 Å². The number of fused-ring (bicyclic) bond motifs is 1. The molecule has 0 saturated carbocycles. The summed E-state index contributed by atoms with van der Waals surface area (Å²) in [6.07, 6.45) is 3.91. The number of halogens is 1. The Hall–Kier alpha value is -1.74. The Morgan fingerprint density at radius 1 is 1.19 bits per heavy atom. The predicted molar refractivity (Wildman–Crippen MR) is 133 cm³/mol. The fourth-order valence-electron chi connectivity index (χ4n) is 4.70. The van der Waals surface area contributed by atoms with Crippen molar-refractivity contribution in [2.75, 3.05) is 51.2 Å². The smallest absolute Gasteiger partial charge is 0.231 e. The van der Waals surface area contributed by atoms with Crippen LogP contribution in [0.25, 0.3) is 0 Å². The van der Waals surface area contributed by atoms with Gasteiger partial charge in [0.2, 0.25) is 5.91 Å². The molecule has 4 rings (SSSR count). The number of carbonyl (C=O) groups excluding carboxylic acids is 1. The van der Waals surface area contributed by atoms with Crippen LogP contribution in [0.5, 0.6) is 0 Å². The minimum atomic E-state index is -0.128. The minimum Gasteiger partial charge on any atom is -0.353 e. The third-order valence-electron chi connectivity index (χ3n) is 6.75. The monoisotopic (exact) mass is 533 g/mol. The van der Waals surface area contributed by atoms with Gasteiger partial charge in [0.25, 0.3) is 0 Å². The molecule has 1 aliphatic carbocycles. The molecule has 0 bridgehead atoms. The van der Waals surface area contributed by atoms with Crippen LogP contribution in [0.1, 0.15) is 48.9 Å². The number of piperazine rings is 1. The van der Waals surface area contributed by atoms with Crippen molar-refractivity contribution in [3.8, 4) is 0 Å². The summed E-state index contributed by atoms with van der Waals surface area (Å²) < 4.78 is 1.19. The molecule has 31 heavy (non-hydrogen) atoms. The van der Waals surface area contributed by atoms with E-state index in [1.165, 1.54) is 14.8 Å². The lowest BCUT2D eigenvalue weighted by Gasteiger charge is -2.38. The number of rotatable bonds is 6. The highest BCUT2D eigenvalue weighted by Gasteiger charge is 2.32. The van der Waals surface area contributed by atoms with Gasteiger partial charge >= 0.3 is 0 Å². The van der Waals surface area contributed by atoms with E-state index in [-0.39, 0.29) is 11.8 Å². The summed E-state index contributed by atoms with van der Waals surface area (Å²) >= 11 is 2.31. The number of amides is 1. The molecule has 1 aliphatic heterocycles. The van der Waals surface area contributed by atoms with Gasteiger partial charge in [0.15, 0.2) is 0 Å². The van der Waals surface area contributed by atoms with Crippen molar-refractivity contribution in [3.05, 3.63) is 51.0 Å². The van der Waals surface area contributed by atoms with E-state index >= 15 is 0 Å². The van der Waals surface area contributed by atoms with Gasteiger partial charge < -0.3 is 14.7 Å². The number of carbonyl (C=O) groups is 1. The van der Waals surface area contributed by atoms with Gasteiger partial charge in [-0.25, -0.2) is 9.97 Å². The summed E-state index contributed by atoms with van der Waals surface area (Å²) in [6, 6.07) is 8.40. The average Bonchev–Trinajstić information content (AvgIpc) is 3.18.